The van der Waals surface area contributed by atoms with Crippen molar-refractivity contribution in [3.8, 4) is 0 Å². The van der Waals surface area contributed by atoms with Gasteiger partial charge in [-0.2, -0.15) is 0 Å². The Hall–Kier alpha value is -3.41. The van der Waals surface area contributed by atoms with Crippen LogP contribution < -0.4 is 10.2 Å². The van der Waals surface area contributed by atoms with Crippen LogP contribution in [-0.2, 0) is 20.8 Å². The molecule has 2 aromatic carbocycles. The van der Waals surface area contributed by atoms with Gasteiger partial charge in [-0.15, -0.1) is 0 Å². The monoisotopic (exact) mass is 417 g/mol. The van der Waals surface area contributed by atoms with Gasteiger partial charge in [0.2, 0.25) is 5.91 Å². The average Bonchev–Trinajstić information content (AvgIpc) is 3.28. The molecule has 0 saturated heterocycles. The zero-order valence-corrected chi connectivity index (χ0v) is 18.0. The van der Waals surface area contributed by atoms with Crippen molar-refractivity contribution in [3.05, 3.63) is 65.4 Å². The van der Waals surface area contributed by atoms with Gasteiger partial charge in [0.1, 0.15) is 5.70 Å². The molecule has 4 rings (SSSR count). The van der Waals surface area contributed by atoms with Gasteiger partial charge in [-0.3, -0.25) is 19.3 Å². The molecule has 2 heterocycles. The van der Waals surface area contributed by atoms with Gasteiger partial charge in [-0.1, -0.05) is 50.1 Å². The number of nitrogens with one attached hydrogen (secondary N) is 1. The molecule has 2 aliphatic rings. The molecule has 6 nitrogen and oxygen atoms in total. The van der Waals surface area contributed by atoms with Crippen LogP contribution in [0.2, 0.25) is 0 Å². The number of benzene rings is 2. The highest BCUT2D eigenvalue weighted by molar-refractivity contribution is 6.36. The summed E-state index contributed by atoms with van der Waals surface area (Å²) in [7, 11) is 0. The Kier molecular flexibility index (Phi) is 5.89. The molecule has 0 fully saturated rings. The lowest BCUT2D eigenvalue weighted by molar-refractivity contribution is -0.137. The van der Waals surface area contributed by atoms with Gasteiger partial charge in [-0.25, -0.2) is 0 Å². The van der Waals surface area contributed by atoms with Crippen LogP contribution in [0, 0.1) is 0 Å². The number of nitrogens with zero attached hydrogens (tertiary/aromatic N) is 2. The van der Waals surface area contributed by atoms with E-state index in [-0.39, 0.29) is 17.7 Å². The van der Waals surface area contributed by atoms with Gasteiger partial charge in [0.25, 0.3) is 11.8 Å². The van der Waals surface area contributed by atoms with E-state index in [4.69, 9.17) is 0 Å². The Morgan fingerprint density at radius 1 is 1.00 bits per heavy atom. The molecule has 0 saturated carbocycles. The number of rotatable bonds is 7. The summed E-state index contributed by atoms with van der Waals surface area (Å²) in [5.74, 6) is -0.623. The van der Waals surface area contributed by atoms with E-state index in [0.717, 1.165) is 31.4 Å². The summed E-state index contributed by atoms with van der Waals surface area (Å²) in [4.78, 5) is 41.6. The van der Waals surface area contributed by atoms with Gasteiger partial charge in [0, 0.05) is 31.4 Å². The summed E-state index contributed by atoms with van der Waals surface area (Å²) in [5, 5.41) is 2.74. The van der Waals surface area contributed by atoms with E-state index >= 15 is 0 Å². The Bertz CT molecular complexity index is 1060. The lowest BCUT2D eigenvalue weighted by atomic mass is 10.0. The molecule has 0 aromatic heterocycles. The second-order valence-electron chi connectivity index (χ2n) is 7.98. The second-order valence-corrected chi connectivity index (χ2v) is 7.98. The third-order valence-electron chi connectivity index (χ3n) is 5.78. The number of amides is 3. The molecular formula is C25H27N3O3. The minimum atomic E-state index is -0.243. The molecule has 160 valence electrons. The summed E-state index contributed by atoms with van der Waals surface area (Å²) >= 11 is 0. The predicted molar refractivity (Wildman–Crippen MR) is 121 cm³/mol. The smallest absolute Gasteiger partial charge is 0.278 e. The van der Waals surface area contributed by atoms with Crippen LogP contribution in [-0.4, -0.2) is 35.7 Å². The molecule has 0 aliphatic carbocycles. The van der Waals surface area contributed by atoms with Crippen molar-refractivity contribution in [1.29, 1.82) is 0 Å². The maximum absolute atomic E-state index is 13.5. The largest absolute Gasteiger partial charge is 0.336 e. The molecule has 0 bridgehead atoms. The third kappa shape index (κ3) is 3.98. The van der Waals surface area contributed by atoms with Crippen molar-refractivity contribution in [2.75, 3.05) is 23.3 Å². The van der Waals surface area contributed by atoms with Crippen molar-refractivity contribution in [1.82, 2.24) is 4.90 Å². The SMILES string of the molecule is CCCCCN1C(=O)C(c2ccc(NC(C)=O)cc2)=C(N2CCc3ccccc32)C1=O. The Labute approximate surface area is 182 Å². The van der Waals surface area contributed by atoms with E-state index in [1.165, 1.54) is 17.4 Å². The van der Waals surface area contributed by atoms with Crippen LogP contribution in [0.15, 0.2) is 54.2 Å². The molecule has 0 spiro atoms. The summed E-state index contributed by atoms with van der Waals surface area (Å²) in [6.45, 7) is 4.65. The lowest BCUT2D eigenvalue weighted by Crippen LogP contribution is -2.35. The number of fused-ring (bicyclic) bond motifs is 1. The van der Waals surface area contributed by atoms with E-state index in [1.54, 1.807) is 24.3 Å². The highest BCUT2D eigenvalue weighted by Gasteiger charge is 2.42. The minimum absolute atomic E-state index is 0.157. The number of imide groups is 1. The fourth-order valence-electron chi connectivity index (χ4n) is 4.29. The number of para-hydroxylation sites is 1. The number of anilines is 2. The summed E-state index contributed by atoms with van der Waals surface area (Å²) in [6.07, 6.45) is 3.63. The minimum Gasteiger partial charge on any atom is -0.336 e. The van der Waals surface area contributed by atoms with Gasteiger partial charge in [0.05, 0.1) is 5.57 Å². The highest BCUT2D eigenvalue weighted by Crippen LogP contribution is 2.38. The van der Waals surface area contributed by atoms with Crippen LogP contribution in [0.25, 0.3) is 5.57 Å². The molecule has 3 amide bonds. The second kappa shape index (κ2) is 8.76. The first-order valence-corrected chi connectivity index (χ1v) is 10.8. The summed E-state index contributed by atoms with van der Waals surface area (Å²) in [6, 6.07) is 15.1. The maximum Gasteiger partial charge on any atom is 0.278 e. The topological polar surface area (TPSA) is 69.7 Å². The van der Waals surface area contributed by atoms with E-state index in [0.29, 0.717) is 35.6 Å². The molecule has 31 heavy (non-hydrogen) atoms. The quantitative estimate of drug-likeness (QED) is 0.547. The standard InChI is InChI=1S/C25H27N3O3/c1-3-4-7-15-28-24(30)22(19-10-12-20(13-11-19)26-17(2)29)23(25(28)31)27-16-14-18-8-5-6-9-21(18)27/h5-6,8-13H,3-4,7,14-16H2,1-2H3,(H,26,29). The van der Waals surface area contributed by atoms with Gasteiger partial charge < -0.3 is 10.2 Å². The number of carbonyl (C=O) groups excluding carboxylic acids is 3. The molecule has 0 unspecified atom stereocenters. The van der Waals surface area contributed by atoms with Crippen molar-refractivity contribution in [2.24, 2.45) is 0 Å². The molecule has 2 aromatic rings. The number of hydrogen-bond acceptors (Lipinski definition) is 4. The van der Waals surface area contributed by atoms with Crippen molar-refractivity contribution in [2.45, 2.75) is 39.5 Å². The fraction of sp³-hybridized carbons (Fsp3) is 0.320. The van der Waals surface area contributed by atoms with Crippen molar-refractivity contribution >= 4 is 34.7 Å². The molecule has 6 heteroatoms. The molecular weight excluding hydrogens is 390 g/mol. The van der Waals surface area contributed by atoms with E-state index in [9.17, 15) is 14.4 Å². The summed E-state index contributed by atoms with van der Waals surface area (Å²) < 4.78 is 0. The van der Waals surface area contributed by atoms with E-state index in [2.05, 4.69) is 18.3 Å². The molecule has 2 aliphatic heterocycles. The highest BCUT2D eigenvalue weighted by atomic mass is 16.2. The zero-order valence-electron chi connectivity index (χ0n) is 18.0. The van der Waals surface area contributed by atoms with Gasteiger partial charge in [0.15, 0.2) is 0 Å². The number of hydrogen-bond donors (Lipinski definition) is 1. The van der Waals surface area contributed by atoms with Crippen molar-refractivity contribution < 1.29 is 14.4 Å². The predicted octanol–water partition coefficient (Wildman–Crippen LogP) is 3.98. The van der Waals surface area contributed by atoms with Crippen LogP contribution >= 0.6 is 0 Å². The first kappa shape index (κ1) is 20.8. The Morgan fingerprint density at radius 3 is 2.45 bits per heavy atom. The zero-order chi connectivity index (χ0) is 22.0. The Morgan fingerprint density at radius 2 is 1.74 bits per heavy atom. The third-order valence-corrected chi connectivity index (χ3v) is 5.78. The van der Waals surface area contributed by atoms with Crippen molar-refractivity contribution in [3.63, 3.8) is 0 Å². The first-order valence-electron chi connectivity index (χ1n) is 10.8. The number of carbonyl (C=O) groups is 3. The normalized spacial score (nSPS) is 15.7. The van der Waals surface area contributed by atoms with Crippen LogP contribution in [0.3, 0.4) is 0 Å². The lowest BCUT2D eigenvalue weighted by Gasteiger charge is -2.21. The van der Waals surface area contributed by atoms with E-state index in [1.807, 2.05) is 23.1 Å². The van der Waals surface area contributed by atoms with E-state index < -0.39 is 0 Å². The number of unbranched alkanes of at least 4 members (excludes halogenated alkanes) is 2. The van der Waals surface area contributed by atoms with Gasteiger partial charge in [-0.05, 0) is 42.2 Å². The fourth-order valence-corrected chi connectivity index (χ4v) is 4.29. The first-order chi connectivity index (χ1) is 15.0. The van der Waals surface area contributed by atoms with Crippen LogP contribution in [0.5, 0.6) is 0 Å². The molecule has 1 N–H and O–H groups in total. The van der Waals surface area contributed by atoms with Crippen LogP contribution in [0.4, 0.5) is 11.4 Å². The molecule has 0 atom stereocenters. The van der Waals surface area contributed by atoms with Gasteiger partial charge >= 0.3 is 0 Å². The van der Waals surface area contributed by atoms with Crippen LogP contribution in [0.1, 0.15) is 44.2 Å². The summed E-state index contributed by atoms with van der Waals surface area (Å²) in [5.41, 5.74) is 4.40. The molecule has 0 radical (unpaired) electrons. The Balaban J connectivity index is 1.75. The maximum atomic E-state index is 13.5. The average molecular weight is 418 g/mol.